The first-order valence-corrected chi connectivity index (χ1v) is 6.56. The number of aryl methyl sites for hydroxylation is 1. The Morgan fingerprint density at radius 2 is 1.89 bits per heavy atom. The first-order valence-electron chi connectivity index (χ1n) is 5.80. The van der Waals surface area contributed by atoms with Crippen LogP contribution in [0.25, 0.3) is 5.69 Å². The van der Waals surface area contributed by atoms with Gasteiger partial charge in [-0.05, 0) is 30.7 Å². The van der Waals surface area contributed by atoms with Crippen LogP contribution < -0.4 is 0 Å². The lowest BCUT2D eigenvalue weighted by molar-refractivity contribution is 0.280. The molecule has 1 N–H and O–H groups in total. The lowest BCUT2D eigenvalue weighted by Gasteiger charge is -2.03. The first kappa shape index (κ1) is 13.4. The molecule has 0 saturated heterocycles. The average molecular weight is 285 g/mol. The van der Waals surface area contributed by atoms with Gasteiger partial charge in [-0.3, -0.25) is 0 Å². The summed E-state index contributed by atoms with van der Waals surface area (Å²) in [6.45, 7) is 1.97. The Morgan fingerprint density at radius 3 is 2.44 bits per heavy atom. The van der Waals surface area contributed by atoms with Gasteiger partial charge < -0.3 is 5.11 Å². The van der Waals surface area contributed by atoms with Gasteiger partial charge in [0.1, 0.15) is 5.15 Å². The van der Waals surface area contributed by atoms with Crippen molar-refractivity contribution in [2.24, 2.45) is 0 Å². The fraction of sp³-hybridized carbons (Fsp3) is 0.308. The number of benzene rings is 1. The molecule has 0 aliphatic carbocycles. The molecule has 1 aromatic carbocycles. The van der Waals surface area contributed by atoms with E-state index in [1.807, 2.05) is 12.1 Å². The normalized spacial score (nSPS) is 10.9. The highest BCUT2D eigenvalue weighted by atomic mass is 35.5. The summed E-state index contributed by atoms with van der Waals surface area (Å²) in [6.07, 6.45) is 1.76. The lowest BCUT2D eigenvalue weighted by atomic mass is 10.2. The summed E-state index contributed by atoms with van der Waals surface area (Å²) in [7, 11) is 0. The molecule has 5 heteroatoms. The minimum Gasteiger partial charge on any atom is -0.391 e. The van der Waals surface area contributed by atoms with Gasteiger partial charge in [0.2, 0.25) is 0 Å². The zero-order valence-electron chi connectivity index (χ0n) is 10.0. The topological polar surface area (TPSA) is 38.0 Å². The summed E-state index contributed by atoms with van der Waals surface area (Å²) in [5, 5.41) is 14.9. The Hall–Kier alpha value is -1.03. The van der Waals surface area contributed by atoms with Crippen molar-refractivity contribution in [1.82, 2.24) is 9.78 Å². The third-order valence-electron chi connectivity index (χ3n) is 2.72. The fourth-order valence-corrected chi connectivity index (χ4v) is 2.25. The summed E-state index contributed by atoms with van der Waals surface area (Å²) in [5.41, 5.74) is 2.38. The Kier molecular flexibility index (Phi) is 4.27. The summed E-state index contributed by atoms with van der Waals surface area (Å²) < 4.78 is 1.63. The van der Waals surface area contributed by atoms with E-state index in [4.69, 9.17) is 23.2 Å². The Bertz CT molecular complexity index is 535. The number of nitrogens with zero attached hydrogens (tertiary/aromatic N) is 2. The van der Waals surface area contributed by atoms with Crippen LogP contribution in [0.4, 0.5) is 0 Å². The molecule has 0 amide bonds. The molecule has 0 aliphatic rings. The van der Waals surface area contributed by atoms with Crippen LogP contribution in [0.15, 0.2) is 24.3 Å². The molecule has 3 nitrogen and oxygen atoms in total. The smallest absolute Gasteiger partial charge is 0.138 e. The van der Waals surface area contributed by atoms with Crippen molar-refractivity contribution in [3.63, 3.8) is 0 Å². The molecule has 2 rings (SSSR count). The molecular weight excluding hydrogens is 271 g/mol. The van der Waals surface area contributed by atoms with Gasteiger partial charge in [0.05, 0.1) is 18.0 Å². The van der Waals surface area contributed by atoms with E-state index in [1.165, 1.54) is 0 Å². The quantitative estimate of drug-likeness (QED) is 0.931. The predicted octanol–water partition coefficient (Wildman–Crippen LogP) is 3.62. The SMILES string of the molecule is CCCc1nn(-c2ccc(Cl)cc2)c(Cl)c1CO. The minimum atomic E-state index is -0.0955. The molecule has 96 valence electrons. The number of rotatable bonds is 4. The molecule has 0 fully saturated rings. The van der Waals surface area contributed by atoms with Gasteiger partial charge in [0.25, 0.3) is 0 Å². The molecule has 0 radical (unpaired) electrons. The highest BCUT2D eigenvalue weighted by Gasteiger charge is 2.15. The number of aliphatic hydroxyl groups excluding tert-OH is 1. The third kappa shape index (κ3) is 2.53. The summed E-state index contributed by atoms with van der Waals surface area (Å²) in [6, 6.07) is 7.26. The Morgan fingerprint density at radius 1 is 1.22 bits per heavy atom. The van der Waals surface area contributed by atoms with Crippen LogP contribution in [-0.2, 0) is 13.0 Å². The second-order valence-electron chi connectivity index (χ2n) is 4.01. The van der Waals surface area contributed by atoms with Gasteiger partial charge >= 0.3 is 0 Å². The van der Waals surface area contributed by atoms with Crippen molar-refractivity contribution < 1.29 is 5.11 Å². The van der Waals surface area contributed by atoms with E-state index < -0.39 is 0 Å². The molecule has 0 saturated carbocycles. The lowest BCUT2D eigenvalue weighted by Crippen LogP contribution is -1.97. The molecule has 0 atom stereocenters. The predicted molar refractivity (Wildman–Crippen MR) is 73.5 cm³/mol. The molecular formula is C13H14Cl2N2O. The summed E-state index contributed by atoms with van der Waals surface area (Å²) in [4.78, 5) is 0. The number of aromatic nitrogens is 2. The fourth-order valence-electron chi connectivity index (χ4n) is 1.82. The van der Waals surface area contributed by atoms with E-state index in [2.05, 4.69) is 12.0 Å². The Labute approximate surface area is 116 Å². The van der Waals surface area contributed by atoms with Gasteiger partial charge in [-0.25, -0.2) is 4.68 Å². The van der Waals surface area contributed by atoms with Crippen molar-refractivity contribution in [3.05, 3.63) is 45.7 Å². The largest absolute Gasteiger partial charge is 0.391 e. The second-order valence-corrected chi connectivity index (χ2v) is 4.81. The van der Waals surface area contributed by atoms with Crippen molar-refractivity contribution in [2.75, 3.05) is 0 Å². The first-order chi connectivity index (χ1) is 8.67. The number of aliphatic hydroxyl groups is 1. The van der Waals surface area contributed by atoms with Crippen LogP contribution >= 0.6 is 23.2 Å². The van der Waals surface area contributed by atoms with E-state index in [9.17, 15) is 5.11 Å². The van der Waals surface area contributed by atoms with E-state index in [-0.39, 0.29) is 6.61 Å². The van der Waals surface area contributed by atoms with Crippen LogP contribution in [0.5, 0.6) is 0 Å². The third-order valence-corrected chi connectivity index (χ3v) is 3.36. The van der Waals surface area contributed by atoms with Gasteiger partial charge in [0, 0.05) is 10.6 Å². The van der Waals surface area contributed by atoms with Crippen LogP contribution in [0.3, 0.4) is 0 Å². The van der Waals surface area contributed by atoms with E-state index in [1.54, 1.807) is 16.8 Å². The average Bonchev–Trinajstić information content (AvgIpc) is 2.67. The molecule has 1 heterocycles. The standard InChI is InChI=1S/C13H14Cl2N2O/c1-2-3-12-11(8-18)13(15)17(16-12)10-6-4-9(14)5-7-10/h4-7,18H,2-3,8H2,1H3. The van der Waals surface area contributed by atoms with Crippen molar-refractivity contribution >= 4 is 23.2 Å². The number of hydrogen-bond acceptors (Lipinski definition) is 2. The van der Waals surface area contributed by atoms with Crippen molar-refractivity contribution in [1.29, 1.82) is 0 Å². The maximum absolute atomic E-state index is 9.37. The molecule has 0 bridgehead atoms. The minimum absolute atomic E-state index is 0.0955. The van der Waals surface area contributed by atoms with Crippen LogP contribution in [0.1, 0.15) is 24.6 Å². The maximum atomic E-state index is 9.37. The molecule has 0 spiro atoms. The van der Waals surface area contributed by atoms with E-state index in [0.29, 0.717) is 15.7 Å². The zero-order chi connectivity index (χ0) is 13.1. The number of hydrogen-bond donors (Lipinski definition) is 1. The Balaban J connectivity index is 2.47. The van der Waals surface area contributed by atoms with E-state index in [0.717, 1.165) is 24.2 Å². The highest BCUT2D eigenvalue weighted by Crippen LogP contribution is 2.25. The monoisotopic (exact) mass is 284 g/mol. The molecule has 2 aromatic rings. The van der Waals surface area contributed by atoms with Crippen molar-refractivity contribution in [2.45, 2.75) is 26.4 Å². The highest BCUT2D eigenvalue weighted by molar-refractivity contribution is 6.31. The second kappa shape index (κ2) is 5.74. The maximum Gasteiger partial charge on any atom is 0.138 e. The van der Waals surface area contributed by atoms with Gasteiger partial charge in [-0.15, -0.1) is 0 Å². The summed E-state index contributed by atoms with van der Waals surface area (Å²) in [5.74, 6) is 0. The number of halogens is 2. The van der Waals surface area contributed by atoms with Crippen LogP contribution in [-0.4, -0.2) is 14.9 Å². The molecule has 18 heavy (non-hydrogen) atoms. The van der Waals surface area contributed by atoms with Gasteiger partial charge in [-0.1, -0.05) is 36.5 Å². The summed E-state index contributed by atoms with van der Waals surface area (Å²) >= 11 is 12.1. The van der Waals surface area contributed by atoms with Crippen LogP contribution in [0, 0.1) is 0 Å². The van der Waals surface area contributed by atoms with Gasteiger partial charge in [0.15, 0.2) is 0 Å². The van der Waals surface area contributed by atoms with Gasteiger partial charge in [-0.2, -0.15) is 5.10 Å². The van der Waals surface area contributed by atoms with Crippen LogP contribution in [0.2, 0.25) is 10.2 Å². The molecule has 0 aliphatic heterocycles. The molecule has 0 unspecified atom stereocenters. The zero-order valence-corrected chi connectivity index (χ0v) is 11.5. The molecule has 1 aromatic heterocycles. The van der Waals surface area contributed by atoms with Crippen molar-refractivity contribution in [3.8, 4) is 5.69 Å². The van der Waals surface area contributed by atoms with E-state index >= 15 is 0 Å².